The summed E-state index contributed by atoms with van der Waals surface area (Å²) in [6, 6.07) is 11.6. The minimum Gasteiger partial charge on any atom is -0.370 e. The zero-order valence-electron chi connectivity index (χ0n) is 14.2. The number of hydrogen-bond acceptors (Lipinski definition) is 4. The molecule has 1 aromatic carbocycles. The topological polar surface area (TPSA) is 46.6 Å². The predicted molar refractivity (Wildman–Crippen MR) is 96.9 cm³/mol. The van der Waals surface area contributed by atoms with Gasteiger partial charge in [0.15, 0.2) is 0 Å². The van der Waals surface area contributed by atoms with Crippen molar-refractivity contribution in [1.29, 1.82) is 0 Å². The fraction of sp³-hybridized carbons (Fsp3) is 0.444. The van der Waals surface area contributed by atoms with Gasteiger partial charge in [-0.3, -0.25) is 0 Å². The van der Waals surface area contributed by atoms with Crippen molar-refractivity contribution in [2.24, 2.45) is 0 Å². The van der Waals surface area contributed by atoms with Gasteiger partial charge in [0.25, 0.3) is 10.0 Å². The molecule has 2 heterocycles. The maximum Gasteiger partial charge on any atom is 0.252 e. The minimum atomic E-state index is -3.48. The van der Waals surface area contributed by atoms with Gasteiger partial charge in [0.1, 0.15) is 4.21 Å². The average Bonchev–Trinajstić information content (AvgIpc) is 3.06. The zero-order chi connectivity index (χ0) is 17.3. The van der Waals surface area contributed by atoms with Crippen molar-refractivity contribution in [3.8, 4) is 0 Å². The lowest BCUT2D eigenvalue weighted by Gasteiger charge is -2.36. The number of sulfonamides is 1. The van der Waals surface area contributed by atoms with E-state index in [1.807, 2.05) is 51.1 Å². The molecule has 130 valence electrons. The molecule has 2 unspecified atom stereocenters. The summed E-state index contributed by atoms with van der Waals surface area (Å²) in [5.74, 6) is 0. The first-order chi connectivity index (χ1) is 11.4. The van der Waals surface area contributed by atoms with E-state index in [9.17, 15) is 8.42 Å². The molecule has 4 nitrogen and oxygen atoms in total. The van der Waals surface area contributed by atoms with E-state index in [-0.39, 0.29) is 12.1 Å². The third kappa shape index (κ3) is 3.42. The Kier molecular flexibility index (Phi) is 5.11. The molecule has 0 aliphatic carbocycles. The van der Waals surface area contributed by atoms with Gasteiger partial charge in [-0.1, -0.05) is 36.8 Å². The average molecular weight is 366 g/mol. The van der Waals surface area contributed by atoms with E-state index in [2.05, 4.69) is 0 Å². The van der Waals surface area contributed by atoms with Crippen molar-refractivity contribution in [1.82, 2.24) is 4.31 Å². The second-order valence-corrected chi connectivity index (χ2v) is 9.52. The highest BCUT2D eigenvalue weighted by Crippen LogP contribution is 2.32. The molecule has 0 bridgehead atoms. The molecule has 3 rings (SSSR count). The monoisotopic (exact) mass is 365 g/mol. The van der Waals surface area contributed by atoms with Crippen LogP contribution in [0.4, 0.5) is 0 Å². The highest BCUT2D eigenvalue weighted by atomic mass is 32.2. The molecule has 6 heteroatoms. The second-order valence-electron chi connectivity index (χ2n) is 6.23. The zero-order valence-corrected chi connectivity index (χ0v) is 15.9. The highest BCUT2D eigenvalue weighted by molar-refractivity contribution is 7.91. The van der Waals surface area contributed by atoms with Crippen molar-refractivity contribution >= 4 is 21.4 Å². The maximum absolute atomic E-state index is 13.0. The molecule has 0 N–H and O–H groups in total. The Bertz CT molecular complexity index is 796. The number of morpholine rings is 1. The Morgan fingerprint density at radius 3 is 2.54 bits per heavy atom. The lowest BCUT2D eigenvalue weighted by molar-refractivity contribution is -0.0287. The quantitative estimate of drug-likeness (QED) is 0.828. The Labute approximate surface area is 148 Å². The van der Waals surface area contributed by atoms with Gasteiger partial charge in [-0.25, -0.2) is 8.42 Å². The molecule has 2 aromatic rings. The molecular weight excluding hydrogens is 342 g/mol. The fourth-order valence-electron chi connectivity index (χ4n) is 2.85. The van der Waals surface area contributed by atoms with Crippen molar-refractivity contribution in [2.45, 2.75) is 43.5 Å². The van der Waals surface area contributed by atoms with Gasteiger partial charge in [0, 0.05) is 17.5 Å². The molecule has 1 aliphatic rings. The third-order valence-electron chi connectivity index (χ3n) is 4.37. The fourth-order valence-corrected chi connectivity index (χ4v) is 5.90. The van der Waals surface area contributed by atoms with E-state index in [1.54, 1.807) is 10.4 Å². The van der Waals surface area contributed by atoms with Gasteiger partial charge >= 0.3 is 0 Å². The van der Waals surface area contributed by atoms with Crippen LogP contribution in [-0.2, 0) is 21.2 Å². The normalized spacial score (nSPS) is 22.6. The largest absolute Gasteiger partial charge is 0.370 e. The van der Waals surface area contributed by atoms with E-state index in [4.69, 9.17) is 4.74 Å². The van der Waals surface area contributed by atoms with Crippen LogP contribution in [-0.4, -0.2) is 31.9 Å². The van der Waals surface area contributed by atoms with Gasteiger partial charge in [-0.2, -0.15) is 4.31 Å². The maximum atomic E-state index is 13.0. The first kappa shape index (κ1) is 17.6. The Hall–Kier alpha value is -1.21. The SMILES string of the molecule is CCc1ccc(S(=O)(=O)N2CC(c3ccc(C)cc3)OCC2C)s1. The third-order valence-corrected chi connectivity index (χ3v) is 8.05. The van der Waals surface area contributed by atoms with Crippen LogP contribution in [0.1, 0.15) is 36.0 Å². The number of aryl methyl sites for hydroxylation is 2. The van der Waals surface area contributed by atoms with Crippen molar-refractivity contribution in [3.63, 3.8) is 0 Å². The number of benzene rings is 1. The van der Waals surface area contributed by atoms with Crippen LogP contribution in [0.3, 0.4) is 0 Å². The smallest absolute Gasteiger partial charge is 0.252 e. The number of rotatable bonds is 4. The van der Waals surface area contributed by atoms with E-state index < -0.39 is 10.0 Å². The summed E-state index contributed by atoms with van der Waals surface area (Å²) in [7, 11) is -3.48. The van der Waals surface area contributed by atoms with E-state index >= 15 is 0 Å². The van der Waals surface area contributed by atoms with Crippen LogP contribution < -0.4 is 0 Å². The lowest BCUT2D eigenvalue weighted by Crippen LogP contribution is -2.47. The standard InChI is InChI=1S/C18H23NO3S2/c1-4-16-9-10-18(23-16)24(20,21)19-11-17(22-12-14(19)3)15-7-5-13(2)6-8-15/h5-10,14,17H,4,11-12H2,1-3H3. The van der Waals surface area contributed by atoms with Crippen molar-refractivity contribution < 1.29 is 13.2 Å². The molecule has 1 saturated heterocycles. The predicted octanol–water partition coefficient (Wildman–Crippen LogP) is 3.77. The van der Waals surface area contributed by atoms with Gasteiger partial charge in [0.2, 0.25) is 0 Å². The number of hydrogen-bond donors (Lipinski definition) is 0. The van der Waals surface area contributed by atoms with E-state index in [1.165, 1.54) is 16.9 Å². The summed E-state index contributed by atoms with van der Waals surface area (Å²) in [6.07, 6.45) is 0.632. The second kappa shape index (κ2) is 6.96. The number of thiophene rings is 1. The van der Waals surface area contributed by atoms with Crippen LogP contribution in [0.15, 0.2) is 40.6 Å². The Morgan fingerprint density at radius 2 is 1.92 bits per heavy atom. The minimum absolute atomic E-state index is 0.163. The summed E-state index contributed by atoms with van der Waals surface area (Å²) in [4.78, 5) is 1.09. The van der Waals surface area contributed by atoms with E-state index in [0.29, 0.717) is 17.4 Å². The van der Waals surface area contributed by atoms with Gasteiger partial charge in [-0.05, 0) is 38.0 Å². The van der Waals surface area contributed by atoms with Crippen molar-refractivity contribution in [2.75, 3.05) is 13.2 Å². The summed E-state index contributed by atoms with van der Waals surface area (Å²) < 4.78 is 34.0. The number of nitrogens with zero attached hydrogens (tertiary/aromatic N) is 1. The Morgan fingerprint density at radius 1 is 1.21 bits per heavy atom. The molecule has 0 radical (unpaired) electrons. The lowest BCUT2D eigenvalue weighted by atomic mass is 10.1. The first-order valence-corrected chi connectivity index (χ1v) is 10.5. The molecule has 24 heavy (non-hydrogen) atoms. The van der Waals surface area contributed by atoms with Crippen molar-refractivity contribution in [3.05, 3.63) is 52.4 Å². The summed E-state index contributed by atoms with van der Waals surface area (Å²) in [5, 5.41) is 0. The van der Waals surface area contributed by atoms with Crippen LogP contribution in [0.25, 0.3) is 0 Å². The van der Waals surface area contributed by atoms with E-state index in [0.717, 1.165) is 16.9 Å². The molecule has 1 aromatic heterocycles. The molecule has 0 spiro atoms. The van der Waals surface area contributed by atoms with Crippen LogP contribution in [0, 0.1) is 6.92 Å². The van der Waals surface area contributed by atoms with Crippen LogP contribution in [0.2, 0.25) is 0 Å². The molecule has 0 amide bonds. The summed E-state index contributed by atoms with van der Waals surface area (Å²) >= 11 is 1.36. The molecular formula is C18H23NO3S2. The molecule has 1 aliphatic heterocycles. The highest BCUT2D eigenvalue weighted by Gasteiger charge is 2.36. The molecule has 0 saturated carbocycles. The van der Waals surface area contributed by atoms with Crippen LogP contribution in [0.5, 0.6) is 0 Å². The Balaban J connectivity index is 1.86. The molecule has 1 fully saturated rings. The van der Waals surface area contributed by atoms with Gasteiger partial charge in [-0.15, -0.1) is 11.3 Å². The summed E-state index contributed by atoms with van der Waals surface area (Å²) in [5.41, 5.74) is 2.20. The van der Waals surface area contributed by atoms with Crippen LogP contribution >= 0.6 is 11.3 Å². The summed E-state index contributed by atoms with van der Waals surface area (Å²) in [6.45, 7) is 6.73. The van der Waals surface area contributed by atoms with Gasteiger partial charge in [0.05, 0.1) is 12.7 Å². The number of ether oxygens (including phenoxy) is 1. The van der Waals surface area contributed by atoms with Gasteiger partial charge < -0.3 is 4.74 Å². The first-order valence-electron chi connectivity index (χ1n) is 8.20. The molecule has 2 atom stereocenters.